The summed E-state index contributed by atoms with van der Waals surface area (Å²) in [5.41, 5.74) is -0.760. The summed E-state index contributed by atoms with van der Waals surface area (Å²) < 4.78 is 45.0. The molecule has 3 heterocycles. The maximum absolute atomic E-state index is 12.9. The number of esters is 1. The highest BCUT2D eigenvalue weighted by molar-refractivity contribution is 5.90. The predicted octanol–water partition coefficient (Wildman–Crippen LogP) is -1.05. The molecule has 4 N–H and O–H groups in total. The third-order valence-corrected chi connectivity index (χ3v) is 7.67. The number of carbonyl (C=O) groups is 1. The highest BCUT2D eigenvalue weighted by atomic mass is 16.8. The van der Waals surface area contributed by atoms with Gasteiger partial charge in [0.1, 0.15) is 42.7 Å². The van der Waals surface area contributed by atoms with Crippen molar-refractivity contribution in [3.05, 3.63) is 36.1 Å². The SMILES string of the molecule is COc1ccc(C(=O)OCC23OC2C(OC)C2C=COC(OC4OC(CO)C(O)C(O)C4O)C23)cc1OC. The Morgan fingerprint density at radius 2 is 1.79 bits per heavy atom. The summed E-state index contributed by atoms with van der Waals surface area (Å²) in [6, 6.07) is 4.66. The molecule has 0 bridgehead atoms. The van der Waals surface area contributed by atoms with Crippen LogP contribution in [0.5, 0.6) is 11.5 Å². The molecule has 1 aliphatic carbocycles. The van der Waals surface area contributed by atoms with E-state index in [4.69, 9.17) is 37.9 Å². The fourth-order valence-corrected chi connectivity index (χ4v) is 5.63. The van der Waals surface area contributed by atoms with Crippen molar-refractivity contribution in [1.82, 2.24) is 0 Å². The average molecular weight is 541 g/mol. The van der Waals surface area contributed by atoms with Crippen molar-refractivity contribution in [1.29, 1.82) is 0 Å². The lowest BCUT2D eigenvalue weighted by atomic mass is 9.85. The zero-order chi connectivity index (χ0) is 27.2. The summed E-state index contributed by atoms with van der Waals surface area (Å²) in [6.07, 6.45) is -5.96. The molecule has 1 saturated carbocycles. The molecule has 0 amide bonds. The summed E-state index contributed by atoms with van der Waals surface area (Å²) in [7, 11) is 4.50. The van der Waals surface area contributed by atoms with Crippen molar-refractivity contribution >= 4 is 5.97 Å². The van der Waals surface area contributed by atoms with Crippen molar-refractivity contribution in [2.45, 2.75) is 54.8 Å². The van der Waals surface area contributed by atoms with Gasteiger partial charge < -0.3 is 58.3 Å². The van der Waals surface area contributed by atoms with E-state index >= 15 is 0 Å². The fourth-order valence-electron chi connectivity index (χ4n) is 5.63. The van der Waals surface area contributed by atoms with E-state index in [0.717, 1.165) is 0 Å². The smallest absolute Gasteiger partial charge is 0.338 e. The van der Waals surface area contributed by atoms with Gasteiger partial charge in [0.05, 0.1) is 44.7 Å². The Kier molecular flexibility index (Phi) is 7.55. The van der Waals surface area contributed by atoms with Crippen LogP contribution in [0, 0.1) is 11.8 Å². The lowest BCUT2D eigenvalue weighted by Crippen LogP contribution is -2.60. The minimum absolute atomic E-state index is 0.141. The number of rotatable bonds is 9. The second-order valence-corrected chi connectivity index (χ2v) is 9.61. The van der Waals surface area contributed by atoms with E-state index in [1.165, 1.54) is 26.5 Å². The summed E-state index contributed by atoms with van der Waals surface area (Å²) >= 11 is 0. The molecular formula is C25H32O13. The lowest BCUT2D eigenvalue weighted by molar-refractivity contribution is -0.344. The number of hydrogen-bond acceptors (Lipinski definition) is 13. The van der Waals surface area contributed by atoms with Gasteiger partial charge in [0.2, 0.25) is 6.29 Å². The molecule has 13 nitrogen and oxygen atoms in total. The predicted molar refractivity (Wildman–Crippen MR) is 124 cm³/mol. The summed E-state index contributed by atoms with van der Waals surface area (Å²) in [6.45, 7) is -0.743. The first-order valence-electron chi connectivity index (χ1n) is 12.2. The van der Waals surface area contributed by atoms with E-state index in [2.05, 4.69) is 0 Å². The third-order valence-electron chi connectivity index (χ3n) is 7.67. The van der Waals surface area contributed by atoms with E-state index in [-0.39, 0.29) is 24.2 Å². The van der Waals surface area contributed by atoms with Crippen molar-refractivity contribution in [3.8, 4) is 11.5 Å². The van der Waals surface area contributed by atoms with Gasteiger partial charge in [-0.2, -0.15) is 0 Å². The number of aliphatic hydroxyl groups is 4. The summed E-state index contributed by atoms with van der Waals surface area (Å²) in [5.74, 6) is -0.560. The number of epoxide rings is 1. The number of hydrogen-bond donors (Lipinski definition) is 4. The van der Waals surface area contributed by atoms with Gasteiger partial charge in [0, 0.05) is 13.0 Å². The molecule has 5 rings (SSSR count). The number of ether oxygens (including phenoxy) is 8. The summed E-state index contributed by atoms with van der Waals surface area (Å²) in [5, 5.41) is 40.2. The van der Waals surface area contributed by atoms with Gasteiger partial charge in [-0.15, -0.1) is 0 Å². The van der Waals surface area contributed by atoms with Gasteiger partial charge in [-0.3, -0.25) is 0 Å². The molecule has 11 atom stereocenters. The molecule has 11 unspecified atom stereocenters. The van der Waals surface area contributed by atoms with E-state index in [1.54, 1.807) is 25.3 Å². The molecule has 38 heavy (non-hydrogen) atoms. The first kappa shape index (κ1) is 27.1. The van der Waals surface area contributed by atoms with E-state index in [1.807, 2.05) is 0 Å². The van der Waals surface area contributed by atoms with Crippen LogP contribution in [0.3, 0.4) is 0 Å². The number of benzene rings is 1. The zero-order valence-corrected chi connectivity index (χ0v) is 21.0. The normalized spacial score (nSPS) is 41.0. The van der Waals surface area contributed by atoms with Gasteiger partial charge in [-0.1, -0.05) is 0 Å². The lowest BCUT2D eigenvalue weighted by Gasteiger charge is -2.43. The van der Waals surface area contributed by atoms with E-state index < -0.39 is 67.2 Å². The minimum Gasteiger partial charge on any atom is -0.493 e. The van der Waals surface area contributed by atoms with Crippen molar-refractivity contribution in [2.75, 3.05) is 34.5 Å². The van der Waals surface area contributed by atoms with Crippen molar-refractivity contribution in [2.24, 2.45) is 11.8 Å². The van der Waals surface area contributed by atoms with Gasteiger partial charge in [-0.25, -0.2) is 4.79 Å². The maximum atomic E-state index is 12.9. The van der Waals surface area contributed by atoms with Crippen LogP contribution in [0.15, 0.2) is 30.5 Å². The van der Waals surface area contributed by atoms with Crippen LogP contribution in [-0.2, 0) is 28.4 Å². The molecule has 2 saturated heterocycles. The van der Waals surface area contributed by atoms with E-state index in [9.17, 15) is 25.2 Å². The number of carbonyl (C=O) groups excluding carboxylic acids is 1. The summed E-state index contributed by atoms with van der Waals surface area (Å²) in [4.78, 5) is 12.9. The number of methoxy groups -OCH3 is 3. The Hall–Kier alpha value is -2.49. The Bertz CT molecular complexity index is 1050. The molecular weight excluding hydrogens is 508 g/mol. The largest absolute Gasteiger partial charge is 0.493 e. The second-order valence-electron chi connectivity index (χ2n) is 9.61. The monoisotopic (exact) mass is 540 g/mol. The van der Waals surface area contributed by atoms with Crippen molar-refractivity contribution in [3.63, 3.8) is 0 Å². The molecule has 0 aromatic heterocycles. The molecule has 4 aliphatic rings. The molecule has 3 fully saturated rings. The van der Waals surface area contributed by atoms with Crippen LogP contribution in [-0.4, -0.2) is 116 Å². The molecule has 3 aliphatic heterocycles. The molecule has 0 radical (unpaired) electrons. The maximum Gasteiger partial charge on any atom is 0.338 e. The molecule has 1 aromatic rings. The molecule has 210 valence electrons. The van der Waals surface area contributed by atoms with Crippen LogP contribution in [0.1, 0.15) is 10.4 Å². The van der Waals surface area contributed by atoms with Gasteiger partial charge in [0.15, 0.2) is 17.8 Å². The number of aliphatic hydroxyl groups excluding tert-OH is 4. The second kappa shape index (κ2) is 10.6. The van der Waals surface area contributed by atoms with Crippen LogP contribution >= 0.6 is 0 Å². The average Bonchev–Trinajstić information content (AvgIpc) is 3.59. The zero-order valence-electron chi connectivity index (χ0n) is 21.0. The van der Waals surface area contributed by atoms with Crippen LogP contribution in [0.25, 0.3) is 0 Å². The molecule has 1 aromatic carbocycles. The fraction of sp³-hybridized carbons (Fsp3) is 0.640. The number of fused-ring (bicyclic) bond motifs is 3. The Balaban J connectivity index is 1.33. The standard InChI is InChI=1S/C25H32O13/c1-31-13-5-4-11(8-14(13)32-2)22(30)35-10-25-16-12(20(33-3)21(25)38-25)6-7-34-23(16)37-24-19(29)18(28)17(27)15(9-26)36-24/h4-8,12,15-21,23-24,26-29H,9-10H2,1-3H3. The first-order valence-corrected chi connectivity index (χ1v) is 12.2. The highest BCUT2D eigenvalue weighted by Gasteiger charge is 2.77. The Labute approximate surface area is 218 Å². The quantitative estimate of drug-likeness (QED) is 0.221. The topological polar surface area (TPSA) is 175 Å². The third kappa shape index (κ3) is 4.42. The first-order chi connectivity index (χ1) is 18.3. The van der Waals surface area contributed by atoms with Gasteiger partial charge in [-0.05, 0) is 24.3 Å². The van der Waals surface area contributed by atoms with Crippen LogP contribution in [0.4, 0.5) is 0 Å². The Morgan fingerprint density at radius 1 is 1.03 bits per heavy atom. The van der Waals surface area contributed by atoms with Gasteiger partial charge in [0.25, 0.3) is 0 Å². The highest BCUT2D eigenvalue weighted by Crippen LogP contribution is 2.60. The molecule has 13 heteroatoms. The Morgan fingerprint density at radius 3 is 2.47 bits per heavy atom. The van der Waals surface area contributed by atoms with Crippen LogP contribution < -0.4 is 9.47 Å². The van der Waals surface area contributed by atoms with Crippen molar-refractivity contribution < 1.29 is 63.1 Å². The molecule has 0 spiro atoms. The van der Waals surface area contributed by atoms with E-state index in [0.29, 0.717) is 11.5 Å². The van der Waals surface area contributed by atoms with Crippen LogP contribution in [0.2, 0.25) is 0 Å². The van der Waals surface area contributed by atoms with Gasteiger partial charge >= 0.3 is 5.97 Å². The minimum atomic E-state index is -1.62.